The largest absolute Gasteiger partial charge is 0.374 e. The summed E-state index contributed by atoms with van der Waals surface area (Å²) >= 11 is 0. The van der Waals surface area contributed by atoms with Crippen LogP contribution in [0.25, 0.3) is 0 Å². The number of carbonyl (C=O) groups excluding carboxylic acids is 1. The zero-order chi connectivity index (χ0) is 15.5. The van der Waals surface area contributed by atoms with Crippen molar-refractivity contribution in [2.24, 2.45) is 11.8 Å². The number of hydrogen-bond donors (Lipinski definition) is 1. The molecule has 4 unspecified atom stereocenters. The Morgan fingerprint density at radius 2 is 1.67 bits per heavy atom. The van der Waals surface area contributed by atoms with Gasteiger partial charge in [0, 0.05) is 0 Å². The van der Waals surface area contributed by atoms with E-state index in [1.54, 1.807) is 0 Å². The van der Waals surface area contributed by atoms with Crippen LogP contribution in [0.5, 0.6) is 0 Å². The second-order valence-corrected chi connectivity index (χ2v) is 6.88. The summed E-state index contributed by atoms with van der Waals surface area (Å²) in [6, 6.07) is 2.41. The maximum Gasteiger partial charge on any atom is 0.227 e. The summed E-state index contributed by atoms with van der Waals surface area (Å²) in [6.45, 7) is 6.04. The van der Waals surface area contributed by atoms with E-state index in [2.05, 4.69) is 18.3 Å². The van der Waals surface area contributed by atoms with Gasteiger partial charge >= 0.3 is 0 Å². The molecular formula is C17H28N2O2. The maximum absolute atomic E-state index is 12.7. The van der Waals surface area contributed by atoms with E-state index in [4.69, 9.17) is 4.74 Å². The van der Waals surface area contributed by atoms with Crippen LogP contribution in [-0.2, 0) is 9.53 Å². The van der Waals surface area contributed by atoms with Crippen LogP contribution in [0.1, 0.15) is 65.7 Å². The molecule has 1 aliphatic heterocycles. The Morgan fingerprint density at radius 1 is 1.10 bits per heavy atom. The van der Waals surface area contributed by atoms with Crippen molar-refractivity contribution >= 4 is 5.91 Å². The van der Waals surface area contributed by atoms with Gasteiger partial charge in [-0.05, 0) is 32.6 Å². The Kier molecular flexibility index (Phi) is 5.27. The smallest absolute Gasteiger partial charge is 0.227 e. The van der Waals surface area contributed by atoms with Gasteiger partial charge in [-0.1, -0.05) is 39.0 Å². The Balaban J connectivity index is 2.07. The van der Waals surface area contributed by atoms with Gasteiger partial charge in [0.1, 0.15) is 5.54 Å². The summed E-state index contributed by atoms with van der Waals surface area (Å²) in [5.74, 6) is 0.0569. The third kappa shape index (κ3) is 3.58. The number of nitrogens with one attached hydrogen (secondary N) is 1. The first-order valence-corrected chi connectivity index (χ1v) is 8.38. The summed E-state index contributed by atoms with van der Waals surface area (Å²) in [5.41, 5.74) is -0.664. The van der Waals surface area contributed by atoms with Gasteiger partial charge in [-0.25, -0.2) is 0 Å². The second-order valence-electron chi connectivity index (χ2n) is 6.88. The summed E-state index contributed by atoms with van der Waals surface area (Å²) in [7, 11) is 0. The summed E-state index contributed by atoms with van der Waals surface area (Å²) < 4.78 is 5.76. The molecule has 1 aliphatic carbocycles. The standard InChI is InChI=1S/C17H28N2O2/c1-12-13(2)21-14(3)15(12)16(20)19-17(11-18)9-7-5-4-6-8-10-17/h12-15H,4-10H2,1-3H3,(H,19,20). The number of nitriles is 1. The normalized spacial score (nSPS) is 36.3. The minimum absolute atomic E-state index is 0.00136. The van der Waals surface area contributed by atoms with Crippen LogP contribution in [0.4, 0.5) is 0 Å². The molecule has 1 heterocycles. The van der Waals surface area contributed by atoms with Crippen LogP contribution in [0.3, 0.4) is 0 Å². The number of rotatable bonds is 2. The van der Waals surface area contributed by atoms with Crippen molar-refractivity contribution in [3.05, 3.63) is 0 Å². The average molecular weight is 292 g/mol. The van der Waals surface area contributed by atoms with Gasteiger partial charge in [0.2, 0.25) is 5.91 Å². The minimum atomic E-state index is -0.664. The molecule has 1 saturated heterocycles. The zero-order valence-electron chi connectivity index (χ0n) is 13.5. The molecular weight excluding hydrogens is 264 g/mol. The predicted molar refractivity (Wildman–Crippen MR) is 81.5 cm³/mol. The van der Waals surface area contributed by atoms with E-state index in [-0.39, 0.29) is 30.0 Å². The van der Waals surface area contributed by atoms with Gasteiger partial charge in [0.25, 0.3) is 0 Å². The fraction of sp³-hybridized carbons (Fsp3) is 0.882. The molecule has 118 valence electrons. The first-order valence-electron chi connectivity index (χ1n) is 8.38. The molecule has 2 rings (SSSR count). The lowest BCUT2D eigenvalue weighted by Crippen LogP contribution is -2.51. The van der Waals surface area contributed by atoms with Crippen molar-refractivity contribution < 1.29 is 9.53 Å². The number of amides is 1. The third-order valence-corrected chi connectivity index (χ3v) is 5.33. The van der Waals surface area contributed by atoms with Crippen molar-refractivity contribution in [1.29, 1.82) is 5.26 Å². The highest BCUT2D eigenvalue weighted by Crippen LogP contribution is 2.34. The lowest BCUT2D eigenvalue weighted by atomic mass is 9.83. The molecule has 0 aromatic heterocycles. The summed E-state index contributed by atoms with van der Waals surface area (Å²) in [6.07, 6.45) is 7.21. The van der Waals surface area contributed by atoms with Gasteiger partial charge < -0.3 is 10.1 Å². The van der Waals surface area contributed by atoms with Crippen molar-refractivity contribution in [2.45, 2.75) is 83.5 Å². The van der Waals surface area contributed by atoms with E-state index in [1.165, 1.54) is 6.42 Å². The van der Waals surface area contributed by atoms with Crippen LogP contribution in [0.2, 0.25) is 0 Å². The lowest BCUT2D eigenvalue weighted by molar-refractivity contribution is -0.128. The van der Waals surface area contributed by atoms with Gasteiger partial charge in [0.05, 0.1) is 24.2 Å². The Labute approximate surface area is 128 Å². The number of carbonyl (C=O) groups is 1. The third-order valence-electron chi connectivity index (χ3n) is 5.33. The average Bonchev–Trinajstić information content (AvgIpc) is 2.67. The molecule has 2 aliphatic rings. The van der Waals surface area contributed by atoms with E-state index in [9.17, 15) is 10.1 Å². The SMILES string of the molecule is CC1OC(C)C(C(=O)NC2(C#N)CCCCCCC2)C1C. The number of ether oxygens (including phenoxy) is 1. The van der Waals surface area contributed by atoms with Crippen molar-refractivity contribution in [1.82, 2.24) is 5.32 Å². The predicted octanol–water partition coefficient (Wildman–Crippen LogP) is 3.17. The van der Waals surface area contributed by atoms with E-state index in [0.29, 0.717) is 0 Å². The number of hydrogen-bond acceptors (Lipinski definition) is 3. The molecule has 0 aromatic carbocycles. The van der Waals surface area contributed by atoms with Crippen molar-refractivity contribution in [3.63, 3.8) is 0 Å². The first kappa shape index (κ1) is 16.3. The quantitative estimate of drug-likeness (QED) is 0.850. The Hall–Kier alpha value is -1.08. The molecule has 21 heavy (non-hydrogen) atoms. The number of nitrogens with zero attached hydrogens (tertiary/aromatic N) is 1. The Bertz CT molecular complexity index is 408. The zero-order valence-corrected chi connectivity index (χ0v) is 13.5. The first-order chi connectivity index (χ1) is 9.99. The molecule has 0 aromatic rings. The van der Waals surface area contributed by atoms with E-state index in [0.717, 1.165) is 38.5 Å². The molecule has 2 fully saturated rings. The van der Waals surface area contributed by atoms with Crippen molar-refractivity contribution in [3.8, 4) is 6.07 Å². The molecule has 4 nitrogen and oxygen atoms in total. The highest BCUT2D eigenvalue weighted by Gasteiger charge is 2.44. The minimum Gasteiger partial charge on any atom is -0.374 e. The maximum atomic E-state index is 12.7. The summed E-state index contributed by atoms with van der Waals surface area (Å²) in [5, 5.41) is 12.7. The van der Waals surface area contributed by atoms with Crippen molar-refractivity contribution in [2.75, 3.05) is 0 Å². The van der Waals surface area contributed by atoms with E-state index >= 15 is 0 Å². The van der Waals surface area contributed by atoms with Gasteiger partial charge in [-0.15, -0.1) is 0 Å². The van der Waals surface area contributed by atoms with Crippen LogP contribution < -0.4 is 5.32 Å². The highest BCUT2D eigenvalue weighted by molar-refractivity contribution is 5.81. The van der Waals surface area contributed by atoms with Crippen LogP contribution in [0.15, 0.2) is 0 Å². The van der Waals surface area contributed by atoms with E-state index < -0.39 is 5.54 Å². The molecule has 0 radical (unpaired) electrons. The van der Waals surface area contributed by atoms with Gasteiger partial charge in [-0.3, -0.25) is 4.79 Å². The molecule has 1 N–H and O–H groups in total. The fourth-order valence-corrected chi connectivity index (χ4v) is 3.81. The van der Waals surface area contributed by atoms with Crippen LogP contribution in [-0.4, -0.2) is 23.7 Å². The van der Waals surface area contributed by atoms with Gasteiger partial charge in [-0.2, -0.15) is 5.26 Å². The highest BCUT2D eigenvalue weighted by atomic mass is 16.5. The van der Waals surface area contributed by atoms with E-state index in [1.807, 2.05) is 13.8 Å². The fourth-order valence-electron chi connectivity index (χ4n) is 3.81. The Morgan fingerprint density at radius 3 is 2.14 bits per heavy atom. The second kappa shape index (κ2) is 6.79. The van der Waals surface area contributed by atoms with Gasteiger partial charge in [0.15, 0.2) is 0 Å². The summed E-state index contributed by atoms with van der Waals surface area (Å²) in [4.78, 5) is 12.7. The lowest BCUT2D eigenvalue weighted by Gasteiger charge is -2.32. The molecule has 1 saturated carbocycles. The molecule has 0 bridgehead atoms. The molecule has 4 atom stereocenters. The topological polar surface area (TPSA) is 62.1 Å². The monoisotopic (exact) mass is 292 g/mol. The van der Waals surface area contributed by atoms with Crippen LogP contribution in [0, 0.1) is 23.2 Å². The van der Waals surface area contributed by atoms with Crippen LogP contribution >= 0.6 is 0 Å². The molecule has 1 amide bonds. The molecule has 0 spiro atoms. The molecule has 4 heteroatoms.